The molecule has 0 saturated heterocycles. The molecule has 0 saturated carbocycles. The van der Waals surface area contributed by atoms with Crippen LogP contribution in [-0.2, 0) is 6.42 Å². The largest absolute Gasteiger partial charge is 0.397 e. The molecule has 0 fully saturated rings. The third kappa shape index (κ3) is 3.71. The van der Waals surface area contributed by atoms with E-state index in [2.05, 4.69) is 15.3 Å². The van der Waals surface area contributed by atoms with E-state index in [0.29, 0.717) is 5.69 Å². The SMILES string of the molecule is CN=C(NCCc1ccccc1Cl)c1cncc(N)c1. The second kappa shape index (κ2) is 6.91. The number of nitrogen functional groups attached to an aromatic ring is 1. The number of nitrogens with zero attached hydrogens (tertiary/aromatic N) is 2. The molecular weight excluding hydrogens is 272 g/mol. The second-order valence-corrected chi connectivity index (χ2v) is 4.75. The molecule has 3 N–H and O–H groups in total. The molecular formula is C15H17ClN4. The van der Waals surface area contributed by atoms with Crippen molar-refractivity contribution in [2.45, 2.75) is 6.42 Å². The molecule has 0 aliphatic heterocycles. The maximum absolute atomic E-state index is 6.13. The average molecular weight is 289 g/mol. The number of nitrogens with two attached hydrogens (primary N) is 1. The molecule has 20 heavy (non-hydrogen) atoms. The van der Waals surface area contributed by atoms with Gasteiger partial charge in [-0.3, -0.25) is 9.98 Å². The van der Waals surface area contributed by atoms with Gasteiger partial charge in [0.05, 0.1) is 5.69 Å². The molecule has 0 aliphatic rings. The Morgan fingerprint density at radius 1 is 1.35 bits per heavy atom. The predicted octanol–water partition coefficient (Wildman–Crippen LogP) is 2.53. The molecule has 0 aliphatic carbocycles. The Morgan fingerprint density at radius 2 is 2.15 bits per heavy atom. The Bertz CT molecular complexity index is 610. The molecule has 0 unspecified atom stereocenters. The van der Waals surface area contributed by atoms with Gasteiger partial charge in [-0.25, -0.2) is 0 Å². The van der Waals surface area contributed by atoms with E-state index in [9.17, 15) is 0 Å². The summed E-state index contributed by atoms with van der Waals surface area (Å²) in [5.74, 6) is 0.775. The summed E-state index contributed by atoms with van der Waals surface area (Å²) in [4.78, 5) is 8.30. The topological polar surface area (TPSA) is 63.3 Å². The average Bonchev–Trinajstić information content (AvgIpc) is 2.45. The maximum atomic E-state index is 6.13. The zero-order valence-electron chi connectivity index (χ0n) is 11.3. The van der Waals surface area contributed by atoms with Crippen LogP contribution in [0.3, 0.4) is 0 Å². The van der Waals surface area contributed by atoms with Crippen LogP contribution in [0, 0.1) is 0 Å². The number of aliphatic imine (C=N–C) groups is 1. The molecule has 1 aromatic heterocycles. The Labute approximate surface area is 123 Å². The molecule has 0 amide bonds. The Kier molecular flexibility index (Phi) is 4.96. The molecule has 4 nitrogen and oxygen atoms in total. The van der Waals surface area contributed by atoms with Gasteiger partial charge >= 0.3 is 0 Å². The number of pyridine rings is 1. The van der Waals surface area contributed by atoms with E-state index < -0.39 is 0 Å². The normalized spacial score (nSPS) is 11.4. The van der Waals surface area contributed by atoms with Gasteiger partial charge in [-0.05, 0) is 24.1 Å². The van der Waals surface area contributed by atoms with E-state index in [-0.39, 0.29) is 0 Å². The summed E-state index contributed by atoms with van der Waals surface area (Å²) in [5.41, 5.74) is 8.34. The highest BCUT2D eigenvalue weighted by Gasteiger charge is 2.04. The first-order valence-corrected chi connectivity index (χ1v) is 6.73. The molecule has 1 heterocycles. The minimum absolute atomic E-state index is 0.622. The first kappa shape index (κ1) is 14.3. The maximum Gasteiger partial charge on any atom is 0.129 e. The van der Waals surface area contributed by atoms with Crippen molar-refractivity contribution in [3.63, 3.8) is 0 Å². The van der Waals surface area contributed by atoms with Gasteiger partial charge in [0.1, 0.15) is 5.84 Å². The lowest BCUT2D eigenvalue weighted by Crippen LogP contribution is -2.27. The number of aromatic nitrogens is 1. The van der Waals surface area contributed by atoms with E-state index in [1.54, 1.807) is 19.4 Å². The first-order valence-electron chi connectivity index (χ1n) is 6.35. The van der Waals surface area contributed by atoms with E-state index in [1.807, 2.05) is 30.3 Å². The smallest absolute Gasteiger partial charge is 0.129 e. The lowest BCUT2D eigenvalue weighted by atomic mass is 10.1. The van der Waals surface area contributed by atoms with Crippen LogP contribution in [0.2, 0.25) is 5.02 Å². The number of hydrogen-bond donors (Lipinski definition) is 2. The summed E-state index contributed by atoms with van der Waals surface area (Å²) in [7, 11) is 1.74. The van der Waals surface area contributed by atoms with Gasteiger partial charge in [-0.2, -0.15) is 0 Å². The monoisotopic (exact) mass is 288 g/mol. The van der Waals surface area contributed by atoms with Crippen molar-refractivity contribution >= 4 is 23.1 Å². The molecule has 0 spiro atoms. The summed E-state index contributed by atoms with van der Waals surface area (Å²) in [6.07, 6.45) is 4.18. The fourth-order valence-corrected chi connectivity index (χ4v) is 2.14. The molecule has 0 bridgehead atoms. The number of anilines is 1. The third-order valence-corrected chi connectivity index (χ3v) is 3.27. The van der Waals surface area contributed by atoms with Crippen molar-refractivity contribution in [2.75, 3.05) is 19.3 Å². The van der Waals surface area contributed by atoms with Gasteiger partial charge in [0, 0.05) is 36.6 Å². The van der Waals surface area contributed by atoms with Gasteiger partial charge in [-0.1, -0.05) is 29.8 Å². The Morgan fingerprint density at radius 3 is 2.85 bits per heavy atom. The van der Waals surface area contributed by atoms with Crippen molar-refractivity contribution in [3.05, 3.63) is 58.9 Å². The lowest BCUT2D eigenvalue weighted by Gasteiger charge is -2.10. The van der Waals surface area contributed by atoms with Crippen LogP contribution in [0.5, 0.6) is 0 Å². The lowest BCUT2D eigenvalue weighted by molar-refractivity contribution is 0.864. The fourth-order valence-electron chi connectivity index (χ4n) is 1.91. The zero-order chi connectivity index (χ0) is 14.4. The van der Waals surface area contributed by atoms with Crippen molar-refractivity contribution in [2.24, 2.45) is 4.99 Å². The van der Waals surface area contributed by atoms with Crippen LogP contribution >= 0.6 is 11.6 Å². The van der Waals surface area contributed by atoms with Crippen molar-refractivity contribution in [1.29, 1.82) is 0 Å². The van der Waals surface area contributed by atoms with Gasteiger partial charge < -0.3 is 11.1 Å². The number of amidine groups is 1. The standard InChI is InChI=1S/C15H17ClN4/c1-18-15(12-8-13(17)10-19-9-12)20-7-6-11-4-2-3-5-14(11)16/h2-5,8-10H,6-7,17H2,1H3,(H,18,20). The van der Waals surface area contributed by atoms with Crippen LogP contribution in [0.4, 0.5) is 5.69 Å². The zero-order valence-corrected chi connectivity index (χ0v) is 12.1. The highest BCUT2D eigenvalue weighted by molar-refractivity contribution is 6.31. The van der Waals surface area contributed by atoms with E-state index >= 15 is 0 Å². The molecule has 5 heteroatoms. The van der Waals surface area contributed by atoms with Crippen LogP contribution in [0.15, 0.2) is 47.7 Å². The Balaban J connectivity index is 1.97. The van der Waals surface area contributed by atoms with Crippen molar-refractivity contribution < 1.29 is 0 Å². The van der Waals surface area contributed by atoms with Crippen LogP contribution in [0.25, 0.3) is 0 Å². The fraction of sp³-hybridized carbons (Fsp3) is 0.200. The number of nitrogens with one attached hydrogen (secondary N) is 1. The number of benzene rings is 1. The summed E-state index contributed by atoms with van der Waals surface area (Å²) in [6, 6.07) is 9.68. The summed E-state index contributed by atoms with van der Waals surface area (Å²) >= 11 is 6.13. The minimum Gasteiger partial charge on any atom is -0.397 e. The summed E-state index contributed by atoms with van der Waals surface area (Å²) < 4.78 is 0. The van der Waals surface area contributed by atoms with Gasteiger partial charge in [0.15, 0.2) is 0 Å². The highest BCUT2D eigenvalue weighted by atomic mass is 35.5. The molecule has 2 aromatic rings. The number of halogens is 1. The quantitative estimate of drug-likeness (QED) is 0.671. The van der Waals surface area contributed by atoms with E-state index in [4.69, 9.17) is 17.3 Å². The summed E-state index contributed by atoms with van der Waals surface area (Å²) in [5, 5.41) is 4.07. The van der Waals surface area contributed by atoms with Crippen LogP contribution in [0.1, 0.15) is 11.1 Å². The first-order chi connectivity index (χ1) is 9.70. The van der Waals surface area contributed by atoms with Crippen LogP contribution < -0.4 is 11.1 Å². The van der Waals surface area contributed by atoms with Gasteiger partial charge in [0.2, 0.25) is 0 Å². The molecule has 0 atom stereocenters. The van der Waals surface area contributed by atoms with Gasteiger partial charge in [0.25, 0.3) is 0 Å². The summed E-state index contributed by atoms with van der Waals surface area (Å²) in [6.45, 7) is 0.741. The van der Waals surface area contributed by atoms with Crippen LogP contribution in [-0.4, -0.2) is 24.4 Å². The third-order valence-electron chi connectivity index (χ3n) is 2.90. The second-order valence-electron chi connectivity index (χ2n) is 4.35. The predicted molar refractivity (Wildman–Crippen MR) is 84.3 cm³/mol. The number of hydrogen-bond acceptors (Lipinski definition) is 3. The highest BCUT2D eigenvalue weighted by Crippen LogP contribution is 2.14. The van der Waals surface area contributed by atoms with E-state index in [1.165, 1.54) is 0 Å². The minimum atomic E-state index is 0.622. The van der Waals surface area contributed by atoms with Crippen molar-refractivity contribution in [3.8, 4) is 0 Å². The molecule has 1 aromatic carbocycles. The molecule has 2 rings (SSSR count). The molecule has 104 valence electrons. The van der Waals surface area contributed by atoms with Crippen molar-refractivity contribution in [1.82, 2.24) is 10.3 Å². The molecule has 0 radical (unpaired) electrons. The number of rotatable bonds is 4. The Hall–Kier alpha value is -2.07. The van der Waals surface area contributed by atoms with E-state index in [0.717, 1.165) is 35.0 Å². The van der Waals surface area contributed by atoms with Gasteiger partial charge in [-0.15, -0.1) is 0 Å².